The van der Waals surface area contributed by atoms with Gasteiger partial charge in [0, 0.05) is 5.92 Å². The summed E-state index contributed by atoms with van der Waals surface area (Å²) in [6.07, 6.45) is 0.132. The predicted molar refractivity (Wildman–Crippen MR) is 98.2 cm³/mol. The maximum absolute atomic E-state index is 12.6. The van der Waals surface area contributed by atoms with Crippen LogP contribution in [0.3, 0.4) is 0 Å². The average molecular weight is 346 g/mol. The molecule has 2 rings (SSSR count). The molecule has 0 aliphatic carbocycles. The second-order valence-electron chi connectivity index (χ2n) is 7.92. The molecule has 0 bridgehead atoms. The van der Waals surface area contributed by atoms with Gasteiger partial charge in [0.05, 0.1) is 19.6 Å². The first-order valence-corrected chi connectivity index (χ1v) is 8.90. The lowest BCUT2D eigenvalue weighted by Crippen LogP contribution is -2.50. The van der Waals surface area contributed by atoms with Crippen molar-refractivity contribution in [3.63, 3.8) is 0 Å². The van der Waals surface area contributed by atoms with E-state index < -0.39 is 0 Å². The number of amides is 1. The summed E-state index contributed by atoms with van der Waals surface area (Å²) in [4.78, 5) is 24.4. The van der Waals surface area contributed by atoms with Gasteiger partial charge in [-0.25, -0.2) is 0 Å². The van der Waals surface area contributed by atoms with Crippen molar-refractivity contribution in [3.8, 4) is 0 Å². The zero-order valence-electron chi connectivity index (χ0n) is 15.9. The maximum atomic E-state index is 12.6. The number of esters is 1. The number of hydrogen-bond donors (Lipinski definition) is 2. The van der Waals surface area contributed by atoms with Gasteiger partial charge >= 0.3 is 5.97 Å². The van der Waals surface area contributed by atoms with Gasteiger partial charge in [-0.3, -0.25) is 9.59 Å². The molecule has 25 heavy (non-hydrogen) atoms. The summed E-state index contributed by atoms with van der Waals surface area (Å²) in [5.74, 6) is -0.0549. The minimum atomic E-state index is -0.371. The summed E-state index contributed by atoms with van der Waals surface area (Å²) in [5, 5.41) is 6.23. The molecule has 5 heteroatoms. The minimum Gasteiger partial charge on any atom is -0.469 e. The Morgan fingerprint density at radius 3 is 2.28 bits per heavy atom. The Bertz CT molecular complexity index is 600. The Morgan fingerprint density at radius 1 is 1.24 bits per heavy atom. The summed E-state index contributed by atoms with van der Waals surface area (Å²) in [7, 11) is 1.37. The molecule has 1 aromatic carbocycles. The molecule has 1 saturated heterocycles. The lowest BCUT2D eigenvalue weighted by atomic mass is 9.85. The summed E-state index contributed by atoms with van der Waals surface area (Å²) >= 11 is 0. The summed E-state index contributed by atoms with van der Waals surface area (Å²) < 4.78 is 4.80. The summed E-state index contributed by atoms with van der Waals surface area (Å²) in [5.41, 5.74) is 2.20. The molecule has 1 aliphatic rings. The van der Waals surface area contributed by atoms with E-state index in [1.807, 2.05) is 19.1 Å². The highest BCUT2D eigenvalue weighted by molar-refractivity contribution is 5.80. The summed E-state index contributed by atoms with van der Waals surface area (Å²) in [6.45, 7) is 10.2. The molecule has 1 heterocycles. The average Bonchev–Trinajstić information content (AvgIpc) is 2.51. The van der Waals surface area contributed by atoms with Crippen LogP contribution in [0.4, 0.5) is 0 Å². The maximum Gasteiger partial charge on any atom is 0.307 e. The molecule has 138 valence electrons. The van der Waals surface area contributed by atoms with Crippen LogP contribution in [0, 0.1) is 11.8 Å². The topological polar surface area (TPSA) is 67.4 Å². The minimum absolute atomic E-state index is 0.0136. The van der Waals surface area contributed by atoms with Crippen molar-refractivity contribution in [2.45, 2.75) is 45.6 Å². The third kappa shape index (κ3) is 5.05. The Balaban J connectivity index is 2.14. The summed E-state index contributed by atoms with van der Waals surface area (Å²) in [6, 6.07) is 7.73. The number of ether oxygens (including phenoxy) is 1. The van der Waals surface area contributed by atoms with Crippen LogP contribution in [0.5, 0.6) is 0 Å². The van der Waals surface area contributed by atoms with Gasteiger partial charge in [0.2, 0.25) is 5.91 Å². The van der Waals surface area contributed by atoms with E-state index in [9.17, 15) is 9.59 Å². The van der Waals surface area contributed by atoms with E-state index >= 15 is 0 Å². The predicted octanol–water partition coefficient (Wildman–Crippen LogP) is 2.56. The van der Waals surface area contributed by atoms with Crippen LogP contribution < -0.4 is 10.6 Å². The lowest BCUT2D eigenvalue weighted by Gasteiger charge is -2.32. The molecule has 2 atom stereocenters. The van der Waals surface area contributed by atoms with Crippen LogP contribution in [-0.4, -0.2) is 32.1 Å². The Kier molecular flexibility index (Phi) is 6.22. The van der Waals surface area contributed by atoms with Gasteiger partial charge in [-0.2, -0.15) is 0 Å². The molecule has 1 aromatic rings. The fraction of sp³-hybridized carbons (Fsp3) is 0.600. The Labute approximate surface area is 150 Å². The van der Waals surface area contributed by atoms with Gasteiger partial charge in [-0.1, -0.05) is 52.0 Å². The normalized spacial score (nSPS) is 17.3. The van der Waals surface area contributed by atoms with E-state index in [0.29, 0.717) is 5.92 Å². The monoisotopic (exact) mass is 346 g/mol. The van der Waals surface area contributed by atoms with E-state index in [4.69, 9.17) is 4.74 Å². The highest BCUT2D eigenvalue weighted by atomic mass is 16.5. The zero-order valence-corrected chi connectivity index (χ0v) is 15.9. The molecule has 2 N–H and O–H groups in total. The number of carbonyl (C=O) groups is 2. The number of nitrogens with one attached hydrogen (secondary N) is 2. The Morgan fingerprint density at radius 2 is 1.84 bits per heavy atom. The van der Waals surface area contributed by atoms with Crippen molar-refractivity contribution >= 4 is 11.9 Å². The molecular weight excluding hydrogens is 316 g/mol. The van der Waals surface area contributed by atoms with Crippen LogP contribution in [-0.2, 0) is 19.7 Å². The first kappa shape index (κ1) is 19.4. The lowest BCUT2D eigenvalue weighted by molar-refractivity contribution is -0.141. The quantitative estimate of drug-likeness (QED) is 0.777. The van der Waals surface area contributed by atoms with Crippen molar-refractivity contribution < 1.29 is 14.3 Å². The molecule has 5 nitrogen and oxygen atoms in total. The van der Waals surface area contributed by atoms with Crippen LogP contribution in [0.15, 0.2) is 24.3 Å². The molecule has 1 amide bonds. The molecule has 0 aromatic heterocycles. The van der Waals surface area contributed by atoms with Crippen LogP contribution in [0.25, 0.3) is 0 Å². The van der Waals surface area contributed by atoms with E-state index in [1.165, 1.54) is 12.7 Å². The number of benzene rings is 1. The van der Waals surface area contributed by atoms with Gasteiger partial charge in [-0.15, -0.1) is 0 Å². The van der Waals surface area contributed by atoms with Crippen molar-refractivity contribution in [2.24, 2.45) is 11.8 Å². The largest absolute Gasteiger partial charge is 0.469 e. The van der Waals surface area contributed by atoms with Gasteiger partial charge in [0.1, 0.15) is 0 Å². The van der Waals surface area contributed by atoms with Gasteiger partial charge in [-0.05, 0) is 35.5 Å². The van der Waals surface area contributed by atoms with Crippen molar-refractivity contribution in [1.29, 1.82) is 0 Å². The highest BCUT2D eigenvalue weighted by Gasteiger charge is 2.30. The standard InChI is InChI=1S/C20H30N2O3/c1-13(15-11-21-12-15)19(24)22-17(10-18(23)25-5)14-6-8-16(9-7-14)20(2,3)4/h6-9,13,15,17,21H,10-12H2,1-5H3,(H,22,24). The van der Waals surface area contributed by atoms with Crippen LogP contribution in [0.2, 0.25) is 0 Å². The molecule has 0 radical (unpaired) electrons. The van der Waals surface area contributed by atoms with E-state index in [2.05, 4.69) is 43.5 Å². The number of carbonyl (C=O) groups excluding carboxylic acids is 2. The van der Waals surface area contributed by atoms with E-state index in [0.717, 1.165) is 18.7 Å². The number of methoxy groups -OCH3 is 1. The molecule has 0 spiro atoms. The van der Waals surface area contributed by atoms with Crippen molar-refractivity contribution in [3.05, 3.63) is 35.4 Å². The molecule has 0 saturated carbocycles. The van der Waals surface area contributed by atoms with Gasteiger partial charge < -0.3 is 15.4 Å². The number of rotatable bonds is 6. The van der Waals surface area contributed by atoms with Crippen LogP contribution >= 0.6 is 0 Å². The molecule has 1 fully saturated rings. The SMILES string of the molecule is COC(=O)CC(NC(=O)C(C)C1CNC1)c1ccc(C(C)(C)C)cc1. The molecular formula is C20H30N2O3. The smallest absolute Gasteiger partial charge is 0.307 e. The van der Waals surface area contributed by atoms with E-state index in [1.54, 1.807) is 0 Å². The molecule has 2 unspecified atom stereocenters. The Hall–Kier alpha value is -1.88. The first-order chi connectivity index (χ1) is 11.7. The van der Waals surface area contributed by atoms with Crippen LogP contribution in [0.1, 0.15) is 51.3 Å². The van der Waals surface area contributed by atoms with Gasteiger partial charge in [0.15, 0.2) is 0 Å². The third-order valence-electron chi connectivity index (χ3n) is 5.03. The highest BCUT2D eigenvalue weighted by Crippen LogP contribution is 2.26. The second kappa shape index (κ2) is 8.00. The first-order valence-electron chi connectivity index (χ1n) is 8.90. The molecule has 1 aliphatic heterocycles. The zero-order chi connectivity index (χ0) is 18.6. The van der Waals surface area contributed by atoms with Gasteiger partial charge in [0.25, 0.3) is 0 Å². The van der Waals surface area contributed by atoms with Crippen molar-refractivity contribution in [2.75, 3.05) is 20.2 Å². The fourth-order valence-electron chi connectivity index (χ4n) is 2.90. The fourth-order valence-corrected chi connectivity index (χ4v) is 2.90. The second-order valence-corrected chi connectivity index (χ2v) is 7.92. The van der Waals surface area contributed by atoms with E-state index in [-0.39, 0.29) is 35.7 Å². The van der Waals surface area contributed by atoms with Crippen molar-refractivity contribution in [1.82, 2.24) is 10.6 Å². The third-order valence-corrected chi connectivity index (χ3v) is 5.03. The number of hydrogen-bond acceptors (Lipinski definition) is 4.